The van der Waals surface area contributed by atoms with Gasteiger partial charge in [-0.1, -0.05) is 56.3 Å². The second-order valence-corrected chi connectivity index (χ2v) is 12.1. The summed E-state index contributed by atoms with van der Waals surface area (Å²) in [4.78, 5) is 67.4. The second kappa shape index (κ2) is 17.6. The number of para-hydroxylation sites is 1. The zero-order chi connectivity index (χ0) is 35.3. The maximum atomic E-state index is 13.7. The minimum Gasteiger partial charge on any atom is -0.492 e. The lowest BCUT2D eigenvalue weighted by Gasteiger charge is -2.27. The van der Waals surface area contributed by atoms with Crippen molar-refractivity contribution in [3.63, 3.8) is 0 Å². The van der Waals surface area contributed by atoms with Gasteiger partial charge in [0.1, 0.15) is 48.7 Å². The molecule has 0 spiro atoms. The number of halogens is 1. The second-order valence-electron chi connectivity index (χ2n) is 12.1. The lowest BCUT2D eigenvalue weighted by atomic mass is 10.0. The Hall–Kier alpha value is -5.46. The summed E-state index contributed by atoms with van der Waals surface area (Å²) < 4.78 is 24.7. The Morgan fingerprint density at radius 3 is 2.31 bits per heavy atom. The van der Waals surface area contributed by atoms with E-state index in [0.29, 0.717) is 5.75 Å². The summed E-state index contributed by atoms with van der Waals surface area (Å²) in [6.07, 6.45) is -0.407. The Balaban J connectivity index is 1.59. The van der Waals surface area contributed by atoms with Crippen molar-refractivity contribution in [1.29, 1.82) is 0 Å². The third-order valence-electron chi connectivity index (χ3n) is 7.69. The van der Waals surface area contributed by atoms with Crippen molar-refractivity contribution in [1.82, 2.24) is 26.6 Å². The fourth-order valence-corrected chi connectivity index (χ4v) is 5.10. The number of hydrogen-bond donors (Lipinski definition) is 5. The van der Waals surface area contributed by atoms with E-state index < -0.39 is 65.9 Å². The number of carbonyl (C=O) groups is 5. The first-order valence-corrected chi connectivity index (χ1v) is 16.1. The van der Waals surface area contributed by atoms with Gasteiger partial charge in [0.05, 0.1) is 24.6 Å². The van der Waals surface area contributed by atoms with Crippen LogP contribution in [-0.2, 0) is 25.6 Å². The number of amides is 5. The molecule has 3 aromatic rings. The van der Waals surface area contributed by atoms with Gasteiger partial charge in [0.2, 0.25) is 23.6 Å². The van der Waals surface area contributed by atoms with Crippen LogP contribution in [0.25, 0.3) is 0 Å². The molecule has 13 heteroatoms. The summed E-state index contributed by atoms with van der Waals surface area (Å²) in [6, 6.07) is 16.9. The van der Waals surface area contributed by atoms with Crippen LogP contribution < -0.4 is 36.1 Å². The minimum atomic E-state index is -1.35. The summed E-state index contributed by atoms with van der Waals surface area (Å²) in [6.45, 7) is 5.36. The lowest BCUT2D eigenvalue weighted by molar-refractivity contribution is -0.133. The molecule has 0 saturated carbocycles. The van der Waals surface area contributed by atoms with Crippen molar-refractivity contribution in [2.24, 2.45) is 5.92 Å². The summed E-state index contributed by atoms with van der Waals surface area (Å²) in [7, 11) is 0. The molecule has 0 aliphatic carbocycles. The van der Waals surface area contributed by atoms with E-state index in [1.165, 1.54) is 30.3 Å². The van der Waals surface area contributed by atoms with E-state index >= 15 is 0 Å². The van der Waals surface area contributed by atoms with Crippen molar-refractivity contribution in [3.05, 3.63) is 95.8 Å². The van der Waals surface area contributed by atoms with E-state index in [0.717, 1.165) is 5.56 Å². The molecule has 0 fully saturated rings. The Morgan fingerprint density at radius 1 is 0.898 bits per heavy atom. The molecule has 1 aliphatic heterocycles. The summed E-state index contributed by atoms with van der Waals surface area (Å²) in [5.74, 6) is -3.16. The Labute approximate surface area is 284 Å². The summed E-state index contributed by atoms with van der Waals surface area (Å²) >= 11 is 0. The molecule has 0 aromatic heterocycles. The fraction of sp³-hybridized carbons (Fsp3) is 0.361. The van der Waals surface area contributed by atoms with E-state index in [-0.39, 0.29) is 43.4 Å². The highest BCUT2D eigenvalue weighted by atomic mass is 19.1. The van der Waals surface area contributed by atoms with E-state index in [1.54, 1.807) is 63.2 Å². The minimum absolute atomic E-state index is 0.00341. The highest BCUT2D eigenvalue weighted by Gasteiger charge is 2.32. The summed E-state index contributed by atoms with van der Waals surface area (Å²) in [5.41, 5.74) is 0.868. The SMILES string of the molecule is CC(C)[C@H]1NC(=O)[C@H](Cc2ccccc2)NC(=O)C[C@@H](C(=O)NCCOc2ccc(F)cc2)NC(=O)c2ccccc2OC[C@H](C)NC1=O. The van der Waals surface area contributed by atoms with Gasteiger partial charge in [-0.05, 0) is 54.8 Å². The number of nitrogens with one attached hydrogen (secondary N) is 5. The molecular formula is C36H42FN5O7. The highest BCUT2D eigenvalue weighted by Crippen LogP contribution is 2.19. The number of rotatable bonds is 8. The average molecular weight is 676 g/mol. The van der Waals surface area contributed by atoms with Crippen LogP contribution in [-0.4, -0.2) is 73.5 Å². The van der Waals surface area contributed by atoms with Crippen molar-refractivity contribution in [2.75, 3.05) is 19.8 Å². The zero-order valence-electron chi connectivity index (χ0n) is 27.7. The van der Waals surface area contributed by atoms with Gasteiger partial charge < -0.3 is 36.1 Å². The fourth-order valence-electron chi connectivity index (χ4n) is 5.10. The van der Waals surface area contributed by atoms with Crippen LogP contribution in [0.2, 0.25) is 0 Å². The Kier molecular flexibility index (Phi) is 13.1. The molecular weight excluding hydrogens is 633 g/mol. The number of carbonyl (C=O) groups excluding carboxylic acids is 5. The molecule has 1 heterocycles. The van der Waals surface area contributed by atoms with E-state index in [4.69, 9.17) is 9.47 Å². The smallest absolute Gasteiger partial charge is 0.255 e. The molecule has 0 radical (unpaired) electrons. The van der Waals surface area contributed by atoms with Crippen LogP contribution in [0.5, 0.6) is 11.5 Å². The van der Waals surface area contributed by atoms with E-state index in [2.05, 4.69) is 26.6 Å². The largest absolute Gasteiger partial charge is 0.492 e. The molecule has 1 aliphatic rings. The van der Waals surface area contributed by atoms with Crippen LogP contribution in [0.4, 0.5) is 4.39 Å². The van der Waals surface area contributed by atoms with Gasteiger partial charge in [-0.2, -0.15) is 0 Å². The third-order valence-corrected chi connectivity index (χ3v) is 7.69. The first-order chi connectivity index (χ1) is 23.5. The van der Waals surface area contributed by atoms with Crippen LogP contribution >= 0.6 is 0 Å². The lowest BCUT2D eigenvalue weighted by Crippen LogP contribution is -2.57. The van der Waals surface area contributed by atoms with Gasteiger partial charge in [0.15, 0.2) is 0 Å². The van der Waals surface area contributed by atoms with Gasteiger partial charge in [-0.3, -0.25) is 24.0 Å². The molecule has 3 aromatic carbocycles. The quantitative estimate of drug-likeness (QED) is 0.229. The normalized spacial score (nSPS) is 20.8. The van der Waals surface area contributed by atoms with Gasteiger partial charge in [-0.15, -0.1) is 0 Å². The molecule has 0 unspecified atom stereocenters. The number of hydrogen-bond acceptors (Lipinski definition) is 7. The van der Waals surface area contributed by atoms with Gasteiger partial charge in [-0.25, -0.2) is 4.39 Å². The third kappa shape index (κ3) is 11.1. The highest BCUT2D eigenvalue weighted by molar-refractivity contribution is 6.01. The van der Waals surface area contributed by atoms with Crippen molar-refractivity contribution in [2.45, 2.75) is 57.8 Å². The summed E-state index contributed by atoms with van der Waals surface area (Å²) in [5, 5.41) is 13.6. The van der Waals surface area contributed by atoms with Gasteiger partial charge in [0.25, 0.3) is 5.91 Å². The monoisotopic (exact) mass is 675 g/mol. The van der Waals surface area contributed by atoms with Crippen LogP contribution in [0.15, 0.2) is 78.9 Å². The van der Waals surface area contributed by atoms with Gasteiger partial charge >= 0.3 is 0 Å². The number of benzene rings is 3. The maximum Gasteiger partial charge on any atom is 0.255 e. The molecule has 4 atom stereocenters. The first-order valence-electron chi connectivity index (χ1n) is 16.1. The van der Waals surface area contributed by atoms with Crippen molar-refractivity contribution < 1.29 is 37.8 Å². The molecule has 49 heavy (non-hydrogen) atoms. The molecule has 260 valence electrons. The van der Waals surface area contributed by atoms with E-state index in [9.17, 15) is 28.4 Å². The predicted octanol–water partition coefficient (Wildman–Crippen LogP) is 2.27. The predicted molar refractivity (Wildman–Crippen MR) is 179 cm³/mol. The average Bonchev–Trinajstić information content (AvgIpc) is 3.08. The molecule has 4 rings (SSSR count). The Bertz CT molecular complexity index is 1600. The standard InChI is InChI=1S/C36H42FN5O7/c1-22(2)32-36(47)39-23(3)21-49-30-12-8-7-11-27(30)33(44)41-29(34(45)38-17-18-48-26-15-13-25(37)14-16-26)20-31(43)40-28(35(46)42-32)19-24-9-5-4-6-10-24/h4-16,22-23,28-29,32H,17-21H2,1-3H3,(H,38,45)(H,39,47)(H,40,43)(H,41,44)(H,42,46)/t23-,28-,29-,32+/m0/s1. The van der Waals surface area contributed by atoms with Crippen LogP contribution in [0.3, 0.4) is 0 Å². The Morgan fingerprint density at radius 2 is 1.59 bits per heavy atom. The van der Waals surface area contributed by atoms with Crippen molar-refractivity contribution in [3.8, 4) is 11.5 Å². The first kappa shape index (κ1) is 36.4. The van der Waals surface area contributed by atoms with E-state index in [1.807, 2.05) is 6.07 Å². The maximum absolute atomic E-state index is 13.7. The van der Waals surface area contributed by atoms with Crippen LogP contribution in [0.1, 0.15) is 43.1 Å². The van der Waals surface area contributed by atoms with Crippen molar-refractivity contribution >= 4 is 29.5 Å². The van der Waals surface area contributed by atoms with Crippen LogP contribution in [0, 0.1) is 11.7 Å². The van der Waals surface area contributed by atoms with Gasteiger partial charge in [0, 0.05) is 6.42 Å². The molecule has 12 nitrogen and oxygen atoms in total. The molecule has 5 amide bonds. The molecule has 0 bridgehead atoms. The number of fused-ring (bicyclic) bond motifs is 1. The number of ether oxygens (including phenoxy) is 2. The molecule has 0 saturated heterocycles. The topological polar surface area (TPSA) is 164 Å². The zero-order valence-corrected chi connectivity index (χ0v) is 27.7. The molecule has 5 N–H and O–H groups in total.